The van der Waals surface area contributed by atoms with Crippen molar-refractivity contribution in [3.05, 3.63) is 57.6 Å². The number of hydrogen-bond donors (Lipinski definition) is 0. The summed E-state index contributed by atoms with van der Waals surface area (Å²) in [5.74, 6) is 12.0. The minimum atomic E-state index is -1.07. The van der Waals surface area contributed by atoms with E-state index in [-0.39, 0.29) is 52.7 Å². The molecule has 1 aliphatic rings. The van der Waals surface area contributed by atoms with E-state index in [0.29, 0.717) is 13.1 Å². The van der Waals surface area contributed by atoms with E-state index < -0.39 is 5.97 Å². The Kier molecular flexibility index (Phi) is 10.5. The summed E-state index contributed by atoms with van der Waals surface area (Å²) in [6.45, 7) is 14.4. The van der Waals surface area contributed by atoms with Crippen LogP contribution in [0.5, 0.6) is 0 Å². The molecule has 2 aromatic carbocycles. The van der Waals surface area contributed by atoms with Crippen LogP contribution in [0.2, 0.25) is 0 Å². The molecule has 0 unspecified atom stereocenters. The predicted molar refractivity (Wildman–Crippen MR) is 152 cm³/mol. The normalized spacial score (nSPS) is 12.7. The first-order valence-corrected chi connectivity index (χ1v) is 12.9. The summed E-state index contributed by atoms with van der Waals surface area (Å²) in [5.41, 5.74) is 8.11. The predicted octanol–water partition coefficient (Wildman–Crippen LogP) is 1.36. The van der Waals surface area contributed by atoms with Gasteiger partial charge in [-0.1, -0.05) is 77.4 Å². The molecule has 0 N–H and O–H groups in total. The molecule has 0 saturated heterocycles. The fraction of sp³-hybridized carbons (Fsp3) is 0.485. The third-order valence-corrected chi connectivity index (χ3v) is 6.69. The summed E-state index contributed by atoms with van der Waals surface area (Å²) in [6, 6.07) is 8.78. The minimum Gasteiger partial charge on any atom is -0.550 e. The number of carbonyl (C=O) groups excluding carboxylic acids is 1. The molecule has 0 spiro atoms. The Morgan fingerprint density at radius 3 is 1.42 bits per heavy atom. The van der Waals surface area contributed by atoms with E-state index in [2.05, 4.69) is 89.5 Å². The van der Waals surface area contributed by atoms with Gasteiger partial charge < -0.3 is 9.90 Å². The quantitative estimate of drug-likeness (QED) is 0.451. The van der Waals surface area contributed by atoms with Gasteiger partial charge in [0, 0.05) is 23.0 Å². The Bertz CT molecular complexity index is 1220. The first-order chi connectivity index (χ1) is 17.1. The smallest absolute Gasteiger partial charge is 0.550 e. The molecule has 0 fully saturated rings. The van der Waals surface area contributed by atoms with E-state index in [1.165, 1.54) is 11.1 Å². The molecule has 0 radical (unpaired) electrons. The molecule has 5 heteroatoms. The number of carbonyl (C=O) groups is 1. The molecule has 3 rings (SSSR count). The zero-order valence-corrected chi connectivity index (χ0v) is 27.2. The number of aliphatic carboxylic acids is 1. The van der Waals surface area contributed by atoms with Crippen molar-refractivity contribution in [1.29, 1.82) is 0 Å². The van der Waals surface area contributed by atoms with Crippen LogP contribution < -0.4 is 34.7 Å². The molecular weight excluding hydrogens is 479 g/mol. The van der Waals surface area contributed by atoms with Crippen LogP contribution in [0.4, 0.5) is 0 Å². The van der Waals surface area contributed by atoms with Crippen LogP contribution >= 0.6 is 0 Å². The fourth-order valence-electron chi connectivity index (χ4n) is 4.68. The first-order valence-electron chi connectivity index (χ1n) is 12.9. The van der Waals surface area contributed by atoms with Crippen molar-refractivity contribution in [2.75, 3.05) is 41.3 Å². The molecule has 0 atom stereocenters. The van der Waals surface area contributed by atoms with Gasteiger partial charge in [-0.3, -0.25) is 9.80 Å². The van der Waals surface area contributed by atoms with Crippen molar-refractivity contribution < 1.29 is 39.5 Å². The molecule has 38 heavy (non-hydrogen) atoms. The molecule has 0 amide bonds. The molecule has 0 heterocycles. The van der Waals surface area contributed by atoms with E-state index >= 15 is 0 Å². The molecule has 1 aliphatic carbocycles. The Hall–Kier alpha value is -2.05. The largest absolute Gasteiger partial charge is 1.00 e. The van der Waals surface area contributed by atoms with Crippen LogP contribution in [-0.2, 0) is 15.6 Å². The van der Waals surface area contributed by atoms with Crippen molar-refractivity contribution in [3.63, 3.8) is 0 Å². The van der Waals surface area contributed by atoms with E-state index in [9.17, 15) is 9.90 Å². The third kappa shape index (κ3) is 7.53. The molecular formula is C33H41N2NaO2. The summed E-state index contributed by atoms with van der Waals surface area (Å²) < 4.78 is 0. The Morgan fingerprint density at radius 1 is 0.763 bits per heavy atom. The molecule has 0 saturated carbocycles. The number of nitrogens with zero attached hydrogens (tertiary/aromatic N) is 2. The summed E-state index contributed by atoms with van der Waals surface area (Å²) in [4.78, 5) is 16.1. The molecule has 0 aromatic heterocycles. The van der Waals surface area contributed by atoms with Gasteiger partial charge in [-0.2, -0.15) is 0 Å². The van der Waals surface area contributed by atoms with Crippen LogP contribution in [0.15, 0.2) is 24.3 Å². The SMILES string of the molecule is CN(C)CC#Cc1cc(C(C)(C)C)cc2c1C(CC(=O)[O-])c1c(C#CCN(C)C)cc(C(C)(C)C)cc1-2.[Na+]. The van der Waals surface area contributed by atoms with Gasteiger partial charge in [0.2, 0.25) is 0 Å². The van der Waals surface area contributed by atoms with Gasteiger partial charge in [0.15, 0.2) is 0 Å². The zero-order valence-electron chi connectivity index (χ0n) is 25.2. The van der Waals surface area contributed by atoms with E-state index in [4.69, 9.17) is 0 Å². The number of benzene rings is 2. The topological polar surface area (TPSA) is 46.6 Å². The standard InChI is InChI=1S/C33H42N2O2.Na/c1-32(2,3)24-17-22(13-11-15-34(7)8)30-26(19-24)27-20-25(33(4,5)6)18-23(14-12-16-35(9)10)31(27)28(30)21-29(36)37;/h17-20,28H,15-16,21H2,1-10H3,(H,36,37);/q;+1/p-1. The van der Waals surface area contributed by atoms with Crippen LogP contribution in [-0.4, -0.2) is 57.0 Å². The Morgan fingerprint density at radius 2 is 1.13 bits per heavy atom. The molecule has 4 nitrogen and oxygen atoms in total. The van der Waals surface area contributed by atoms with Crippen molar-refractivity contribution in [3.8, 4) is 34.8 Å². The fourth-order valence-corrected chi connectivity index (χ4v) is 4.68. The number of hydrogen-bond acceptors (Lipinski definition) is 4. The third-order valence-electron chi connectivity index (χ3n) is 6.69. The van der Waals surface area contributed by atoms with E-state index in [1.54, 1.807) is 0 Å². The average molecular weight is 521 g/mol. The molecule has 196 valence electrons. The summed E-state index contributed by atoms with van der Waals surface area (Å²) in [6.07, 6.45) is -0.103. The molecule has 2 aromatic rings. The maximum atomic E-state index is 12.1. The van der Waals surface area contributed by atoms with E-state index in [0.717, 1.165) is 33.4 Å². The van der Waals surface area contributed by atoms with Gasteiger partial charge >= 0.3 is 29.6 Å². The molecule has 0 bridgehead atoms. The maximum Gasteiger partial charge on any atom is 1.00 e. The van der Waals surface area contributed by atoms with Gasteiger partial charge in [-0.25, -0.2) is 0 Å². The monoisotopic (exact) mass is 520 g/mol. The second-order valence-electron chi connectivity index (χ2n) is 12.7. The van der Waals surface area contributed by atoms with Gasteiger partial charge in [0.1, 0.15) is 0 Å². The van der Waals surface area contributed by atoms with Crippen LogP contribution in [0.1, 0.15) is 87.3 Å². The minimum absolute atomic E-state index is 0. The summed E-state index contributed by atoms with van der Waals surface area (Å²) >= 11 is 0. The van der Waals surface area contributed by atoms with Crippen LogP contribution in [0.25, 0.3) is 11.1 Å². The Balaban J connectivity index is 0.00000507. The maximum absolute atomic E-state index is 12.1. The molecule has 0 aliphatic heterocycles. The Labute approximate surface area is 252 Å². The van der Waals surface area contributed by atoms with Crippen LogP contribution in [0.3, 0.4) is 0 Å². The van der Waals surface area contributed by atoms with E-state index in [1.807, 2.05) is 38.0 Å². The van der Waals surface area contributed by atoms with Gasteiger partial charge in [0.05, 0.1) is 13.1 Å². The number of carboxylic acid groups (broad SMARTS) is 1. The van der Waals surface area contributed by atoms with Crippen LogP contribution in [0, 0.1) is 23.7 Å². The second-order valence-corrected chi connectivity index (χ2v) is 12.7. The van der Waals surface area contributed by atoms with Gasteiger partial charge in [-0.05, 0) is 91.0 Å². The second kappa shape index (κ2) is 12.4. The summed E-state index contributed by atoms with van der Waals surface area (Å²) in [5, 5.41) is 12.1. The number of carboxylic acids is 1. The van der Waals surface area contributed by atoms with Crippen molar-refractivity contribution in [1.82, 2.24) is 9.80 Å². The summed E-state index contributed by atoms with van der Waals surface area (Å²) in [7, 11) is 7.97. The van der Waals surface area contributed by atoms with Crippen molar-refractivity contribution >= 4 is 5.97 Å². The number of fused-ring (bicyclic) bond motifs is 3. The number of rotatable bonds is 4. The van der Waals surface area contributed by atoms with Crippen molar-refractivity contribution in [2.45, 2.75) is 64.7 Å². The van der Waals surface area contributed by atoms with Gasteiger partial charge in [-0.15, -0.1) is 0 Å². The first kappa shape index (κ1) is 32.2. The van der Waals surface area contributed by atoms with Crippen molar-refractivity contribution in [2.24, 2.45) is 0 Å². The van der Waals surface area contributed by atoms with Gasteiger partial charge in [0.25, 0.3) is 0 Å². The average Bonchev–Trinajstić information content (AvgIpc) is 3.05. The zero-order chi connectivity index (χ0) is 27.7.